The summed E-state index contributed by atoms with van der Waals surface area (Å²) in [6, 6.07) is 1.62. The van der Waals surface area contributed by atoms with E-state index in [9.17, 15) is 0 Å². The van der Waals surface area contributed by atoms with Crippen molar-refractivity contribution in [1.82, 2.24) is 9.88 Å². The molecule has 4 nitrogen and oxygen atoms in total. The number of rotatable bonds is 4. The van der Waals surface area contributed by atoms with Crippen molar-refractivity contribution in [2.24, 2.45) is 0 Å². The fourth-order valence-corrected chi connectivity index (χ4v) is 2.65. The van der Waals surface area contributed by atoms with Gasteiger partial charge in [-0.05, 0) is 39.4 Å². The van der Waals surface area contributed by atoms with Gasteiger partial charge < -0.3 is 16.0 Å². The Labute approximate surface area is 117 Å². The highest BCUT2D eigenvalue weighted by Gasteiger charge is 2.38. The molecule has 1 fully saturated rings. The van der Waals surface area contributed by atoms with Crippen LogP contribution in [0, 0.1) is 0 Å². The molecule has 1 heterocycles. The zero-order valence-electron chi connectivity index (χ0n) is 10.6. The molecular weight excluding hydrogens is 271 g/mol. The van der Waals surface area contributed by atoms with E-state index >= 15 is 0 Å². The maximum atomic E-state index is 6.09. The van der Waals surface area contributed by atoms with Crippen molar-refractivity contribution in [3.8, 4) is 0 Å². The third kappa shape index (κ3) is 2.51. The predicted octanol–water partition coefficient (Wildman–Crippen LogP) is 2.87. The van der Waals surface area contributed by atoms with Crippen LogP contribution in [-0.2, 0) is 0 Å². The highest BCUT2D eigenvalue weighted by molar-refractivity contribution is 6.37. The molecule has 0 unspecified atom stereocenters. The molecule has 1 aromatic heterocycles. The number of nitrogens with one attached hydrogen (secondary N) is 1. The van der Waals surface area contributed by atoms with E-state index in [0.717, 1.165) is 6.54 Å². The first-order valence-electron chi connectivity index (χ1n) is 5.97. The number of aromatic nitrogens is 1. The smallest absolute Gasteiger partial charge is 0.147 e. The lowest BCUT2D eigenvalue weighted by Crippen LogP contribution is -2.54. The Morgan fingerprint density at radius 2 is 2.06 bits per heavy atom. The molecule has 0 atom stereocenters. The topological polar surface area (TPSA) is 54.2 Å². The largest absolute Gasteiger partial charge is 0.382 e. The Kier molecular flexibility index (Phi) is 3.90. The first kappa shape index (κ1) is 13.7. The quantitative estimate of drug-likeness (QED) is 0.895. The lowest BCUT2D eigenvalue weighted by Gasteiger charge is -2.47. The number of halogens is 2. The molecule has 0 bridgehead atoms. The molecule has 1 aromatic rings. The zero-order chi connectivity index (χ0) is 13.3. The van der Waals surface area contributed by atoms with Crippen molar-refractivity contribution in [3.63, 3.8) is 0 Å². The summed E-state index contributed by atoms with van der Waals surface area (Å²) in [6.45, 7) is 0.813. The monoisotopic (exact) mass is 288 g/mol. The molecule has 0 saturated heterocycles. The van der Waals surface area contributed by atoms with Crippen molar-refractivity contribution >= 4 is 34.8 Å². The molecule has 0 aromatic carbocycles. The van der Waals surface area contributed by atoms with E-state index in [2.05, 4.69) is 29.3 Å². The molecule has 0 aliphatic heterocycles. The lowest BCUT2D eigenvalue weighted by molar-refractivity contribution is 0.0738. The first-order valence-corrected chi connectivity index (χ1v) is 6.73. The van der Waals surface area contributed by atoms with Crippen LogP contribution in [0.3, 0.4) is 0 Å². The maximum Gasteiger partial charge on any atom is 0.147 e. The third-order valence-corrected chi connectivity index (χ3v) is 4.37. The van der Waals surface area contributed by atoms with Gasteiger partial charge >= 0.3 is 0 Å². The van der Waals surface area contributed by atoms with Gasteiger partial charge in [-0.3, -0.25) is 0 Å². The molecule has 18 heavy (non-hydrogen) atoms. The lowest BCUT2D eigenvalue weighted by atomic mass is 9.75. The standard InChI is InChI=1S/C12H18Cl2N4/c1-18(2)12(4-3-5-12)7-16-11-9(14)6-8(13)10(15)17-11/h6H,3-5,7H2,1-2H3,(H3,15,16,17). The van der Waals surface area contributed by atoms with Gasteiger partial charge in [0.25, 0.3) is 0 Å². The van der Waals surface area contributed by atoms with Gasteiger partial charge in [0.15, 0.2) is 0 Å². The molecule has 0 radical (unpaired) electrons. The second-order valence-corrected chi connectivity index (χ2v) is 5.83. The van der Waals surface area contributed by atoms with Gasteiger partial charge in [0.2, 0.25) is 0 Å². The van der Waals surface area contributed by atoms with Crippen LogP contribution < -0.4 is 11.1 Å². The van der Waals surface area contributed by atoms with E-state index in [1.54, 1.807) is 6.07 Å². The van der Waals surface area contributed by atoms with Gasteiger partial charge in [-0.15, -0.1) is 0 Å². The highest BCUT2D eigenvalue weighted by atomic mass is 35.5. The minimum absolute atomic E-state index is 0.208. The summed E-state index contributed by atoms with van der Waals surface area (Å²) < 4.78 is 0. The van der Waals surface area contributed by atoms with E-state index in [1.807, 2.05) is 0 Å². The second-order valence-electron chi connectivity index (χ2n) is 5.01. The molecule has 0 amide bonds. The van der Waals surface area contributed by atoms with Crippen molar-refractivity contribution in [2.75, 3.05) is 31.7 Å². The zero-order valence-corrected chi connectivity index (χ0v) is 12.1. The molecule has 3 N–H and O–H groups in total. The Hall–Kier alpha value is -0.710. The third-order valence-electron chi connectivity index (χ3n) is 3.77. The Morgan fingerprint density at radius 1 is 1.39 bits per heavy atom. The number of pyridine rings is 1. The summed E-state index contributed by atoms with van der Waals surface area (Å²) in [4.78, 5) is 6.44. The number of anilines is 2. The molecule has 1 aliphatic carbocycles. The average Bonchev–Trinajstić information content (AvgIpc) is 2.23. The second kappa shape index (κ2) is 5.11. The summed E-state index contributed by atoms with van der Waals surface area (Å²) in [5.74, 6) is 0.905. The van der Waals surface area contributed by atoms with Gasteiger partial charge in [-0.2, -0.15) is 0 Å². The average molecular weight is 289 g/mol. The Bertz CT molecular complexity index is 444. The normalized spacial score (nSPS) is 17.6. The Morgan fingerprint density at radius 3 is 2.56 bits per heavy atom. The number of likely N-dealkylation sites (N-methyl/N-ethyl adjacent to an activating group) is 1. The predicted molar refractivity (Wildman–Crippen MR) is 77.4 cm³/mol. The number of nitrogens with two attached hydrogens (primary N) is 1. The molecule has 1 aliphatic rings. The molecule has 1 saturated carbocycles. The number of nitrogens with zero attached hydrogens (tertiary/aromatic N) is 2. The van der Waals surface area contributed by atoms with Crippen LogP contribution in [0.15, 0.2) is 6.07 Å². The minimum atomic E-state index is 0.208. The fourth-order valence-electron chi connectivity index (χ4n) is 2.22. The van der Waals surface area contributed by atoms with Crippen molar-refractivity contribution in [2.45, 2.75) is 24.8 Å². The van der Waals surface area contributed by atoms with E-state index in [-0.39, 0.29) is 5.54 Å². The van der Waals surface area contributed by atoms with E-state index < -0.39 is 0 Å². The van der Waals surface area contributed by atoms with E-state index in [1.165, 1.54) is 19.3 Å². The molecule has 2 rings (SSSR count). The number of nitrogen functional groups attached to an aromatic ring is 1. The van der Waals surface area contributed by atoms with Crippen LogP contribution in [0.5, 0.6) is 0 Å². The maximum absolute atomic E-state index is 6.09. The fraction of sp³-hybridized carbons (Fsp3) is 0.583. The minimum Gasteiger partial charge on any atom is -0.382 e. The van der Waals surface area contributed by atoms with E-state index in [0.29, 0.717) is 21.7 Å². The van der Waals surface area contributed by atoms with Crippen LogP contribution in [-0.4, -0.2) is 36.1 Å². The number of hydrogen-bond acceptors (Lipinski definition) is 4. The number of hydrogen-bond donors (Lipinski definition) is 2. The van der Waals surface area contributed by atoms with Crippen LogP contribution in [0.4, 0.5) is 11.6 Å². The van der Waals surface area contributed by atoms with Gasteiger partial charge in [0.1, 0.15) is 11.6 Å². The highest BCUT2D eigenvalue weighted by Crippen LogP contribution is 2.37. The van der Waals surface area contributed by atoms with Gasteiger partial charge in [-0.25, -0.2) is 4.98 Å². The molecular formula is C12H18Cl2N4. The van der Waals surface area contributed by atoms with E-state index in [4.69, 9.17) is 28.9 Å². The summed E-state index contributed by atoms with van der Waals surface area (Å²) in [5.41, 5.74) is 5.89. The molecule has 6 heteroatoms. The summed E-state index contributed by atoms with van der Waals surface area (Å²) in [7, 11) is 4.21. The van der Waals surface area contributed by atoms with Crippen LogP contribution in [0.1, 0.15) is 19.3 Å². The first-order chi connectivity index (χ1) is 8.44. The summed E-state index contributed by atoms with van der Waals surface area (Å²) in [6.07, 6.45) is 3.64. The molecule has 100 valence electrons. The van der Waals surface area contributed by atoms with Crippen molar-refractivity contribution < 1.29 is 0 Å². The van der Waals surface area contributed by atoms with Gasteiger partial charge in [0, 0.05) is 12.1 Å². The van der Waals surface area contributed by atoms with Crippen LogP contribution in [0.25, 0.3) is 0 Å². The van der Waals surface area contributed by atoms with Crippen molar-refractivity contribution in [1.29, 1.82) is 0 Å². The van der Waals surface area contributed by atoms with Gasteiger partial charge in [-0.1, -0.05) is 23.2 Å². The van der Waals surface area contributed by atoms with Crippen molar-refractivity contribution in [3.05, 3.63) is 16.1 Å². The molecule has 0 spiro atoms. The SMILES string of the molecule is CN(C)C1(CNc2nc(N)c(Cl)cc2Cl)CCC1. The summed E-state index contributed by atoms with van der Waals surface area (Å²) >= 11 is 11.9. The Balaban J connectivity index is 2.08. The van der Waals surface area contributed by atoms with Crippen LogP contribution >= 0.6 is 23.2 Å². The summed E-state index contributed by atoms with van der Waals surface area (Å²) in [5, 5.41) is 4.17. The van der Waals surface area contributed by atoms with Gasteiger partial charge in [0.05, 0.1) is 10.0 Å². The van der Waals surface area contributed by atoms with Crippen LogP contribution in [0.2, 0.25) is 10.0 Å².